The van der Waals surface area contributed by atoms with Gasteiger partial charge < -0.3 is 0 Å². The summed E-state index contributed by atoms with van der Waals surface area (Å²) in [4.78, 5) is 0. The van der Waals surface area contributed by atoms with Crippen LogP contribution in [0.3, 0.4) is 0 Å². The standard InChI is InChI=1S/C17H25N/c1-5-8-9-15-10-12-16(13-11-15)14(4)18-17(6-2)7-3/h2,10-14,17-18H,5,7-9H2,1,3-4H3. The number of nitrogens with one attached hydrogen (secondary N) is 1. The summed E-state index contributed by atoms with van der Waals surface area (Å²) in [7, 11) is 0. The zero-order valence-electron chi connectivity index (χ0n) is 11.9. The normalized spacial score (nSPS) is 13.9. The van der Waals surface area contributed by atoms with Crippen molar-refractivity contribution < 1.29 is 0 Å². The van der Waals surface area contributed by atoms with Crippen LogP contribution >= 0.6 is 0 Å². The van der Waals surface area contributed by atoms with Crippen molar-refractivity contribution in [1.82, 2.24) is 5.32 Å². The summed E-state index contributed by atoms with van der Waals surface area (Å²) in [5.74, 6) is 2.78. The summed E-state index contributed by atoms with van der Waals surface area (Å²) in [6, 6.07) is 9.38. The molecule has 0 fully saturated rings. The van der Waals surface area contributed by atoms with Crippen LogP contribution < -0.4 is 5.32 Å². The molecule has 0 aromatic heterocycles. The van der Waals surface area contributed by atoms with Crippen molar-refractivity contribution >= 4 is 0 Å². The maximum Gasteiger partial charge on any atom is 0.0688 e. The molecule has 1 aromatic carbocycles. The summed E-state index contributed by atoms with van der Waals surface area (Å²) in [6.45, 7) is 6.50. The maximum absolute atomic E-state index is 5.48. The fraction of sp³-hybridized carbons (Fsp3) is 0.529. The lowest BCUT2D eigenvalue weighted by atomic mass is 10.0. The predicted octanol–water partition coefficient (Wildman–Crippen LogP) is 4.09. The Hall–Kier alpha value is -1.26. The van der Waals surface area contributed by atoms with Gasteiger partial charge in [-0.2, -0.15) is 0 Å². The van der Waals surface area contributed by atoms with E-state index in [0.717, 1.165) is 6.42 Å². The van der Waals surface area contributed by atoms with Gasteiger partial charge in [0.2, 0.25) is 0 Å². The second-order valence-corrected chi connectivity index (χ2v) is 4.86. The van der Waals surface area contributed by atoms with Crippen LogP contribution in [0.2, 0.25) is 0 Å². The van der Waals surface area contributed by atoms with Gasteiger partial charge in [0, 0.05) is 6.04 Å². The second kappa shape index (κ2) is 7.95. The van der Waals surface area contributed by atoms with Gasteiger partial charge in [-0.15, -0.1) is 6.42 Å². The third-order valence-corrected chi connectivity index (χ3v) is 3.36. The first kappa shape index (κ1) is 14.8. The monoisotopic (exact) mass is 243 g/mol. The SMILES string of the molecule is C#CC(CC)NC(C)c1ccc(CCCC)cc1. The summed E-state index contributed by atoms with van der Waals surface area (Å²) in [5, 5.41) is 3.46. The molecule has 0 aliphatic heterocycles. The van der Waals surface area contributed by atoms with Crippen LogP contribution in [0.25, 0.3) is 0 Å². The molecule has 2 atom stereocenters. The number of terminal acetylenes is 1. The van der Waals surface area contributed by atoms with E-state index in [9.17, 15) is 0 Å². The second-order valence-electron chi connectivity index (χ2n) is 4.86. The molecular formula is C17H25N. The first-order valence-corrected chi connectivity index (χ1v) is 7.02. The molecule has 0 radical (unpaired) electrons. The summed E-state index contributed by atoms with van der Waals surface area (Å²) in [5.41, 5.74) is 2.74. The van der Waals surface area contributed by atoms with E-state index < -0.39 is 0 Å². The van der Waals surface area contributed by atoms with E-state index in [1.165, 1.54) is 30.4 Å². The Bertz CT molecular complexity index is 372. The predicted molar refractivity (Wildman–Crippen MR) is 79.5 cm³/mol. The lowest BCUT2D eigenvalue weighted by Crippen LogP contribution is -2.29. The van der Waals surface area contributed by atoms with Crippen LogP contribution in [0.5, 0.6) is 0 Å². The van der Waals surface area contributed by atoms with Crippen LogP contribution in [-0.4, -0.2) is 6.04 Å². The van der Waals surface area contributed by atoms with Gasteiger partial charge in [0.15, 0.2) is 0 Å². The molecule has 0 amide bonds. The van der Waals surface area contributed by atoms with Crippen LogP contribution in [0.15, 0.2) is 24.3 Å². The van der Waals surface area contributed by atoms with Crippen LogP contribution in [0, 0.1) is 12.3 Å². The molecule has 98 valence electrons. The number of aryl methyl sites for hydroxylation is 1. The van der Waals surface area contributed by atoms with Gasteiger partial charge in [-0.1, -0.05) is 50.5 Å². The Morgan fingerprint density at radius 1 is 1.22 bits per heavy atom. The van der Waals surface area contributed by atoms with Crippen molar-refractivity contribution in [2.75, 3.05) is 0 Å². The van der Waals surface area contributed by atoms with Gasteiger partial charge >= 0.3 is 0 Å². The Balaban J connectivity index is 2.58. The molecule has 0 bridgehead atoms. The van der Waals surface area contributed by atoms with Crippen molar-refractivity contribution in [3.8, 4) is 12.3 Å². The van der Waals surface area contributed by atoms with E-state index in [0.29, 0.717) is 6.04 Å². The first-order chi connectivity index (χ1) is 8.71. The number of rotatable bonds is 7. The fourth-order valence-electron chi connectivity index (χ4n) is 2.04. The summed E-state index contributed by atoms with van der Waals surface area (Å²) in [6.07, 6.45) is 10.1. The van der Waals surface area contributed by atoms with E-state index in [1.54, 1.807) is 0 Å². The molecule has 1 nitrogen and oxygen atoms in total. The molecule has 18 heavy (non-hydrogen) atoms. The Kier molecular flexibility index (Phi) is 6.54. The molecule has 1 N–H and O–H groups in total. The minimum atomic E-state index is 0.166. The summed E-state index contributed by atoms with van der Waals surface area (Å²) < 4.78 is 0. The number of hydrogen-bond donors (Lipinski definition) is 1. The largest absolute Gasteiger partial charge is 0.297 e. The molecule has 0 saturated heterocycles. The zero-order chi connectivity index (χ0) is 13.4. The first-order valence-electron chi connectivity index (χ1n) is 7.02. The molecule has 1 heteroatoms. The molecule has 0 spiro atoms. The van der Waals surface area contributed by atoms with Crippen molar-refractivity contribution in [2.24, 2.45) is 0 Å². The van der Waals surface area contributed by atoms with Crippen molar-refractivity contribution in [3.05, 3.63) is 35.4 Å². The van der Waals surface area contributed by atoms with Gasteiger partial charge in [-0.25, -0.2) is 0 Å². The highest BCUT2D eigenvalue weighted by molar-refractivity contribution is 5.25. The third kappa shape index (κ3) is 4.55. The Labute approximate surface area is 112 Å². The lowest BCUT2D eigenvalue weighted by molar-refractivity contribution is 0.512. The lowest BCUT2D eigenvalue weighted by Gasteiger charge is -2.18. The molecule has 0 aliphatic rings. The van der Waals surface area contributed by atoms with E-state index in [4.69, 9.17) is 6.42 Å². The maximum atomic E-state index is 5.48. The van der Waals surface area contributed by atoms with Crippen LogP contribution in [0.1, 0.15) is 57.2 Å². The van der Waals surface area contributed by atoms with E-state index in [2.05, 4.69) is 56.3 Å². The third-order valence-electron chi connectivity index (χ3n) is 3.36. The number of benzene rings is 1. The van der Waals surface area contributed by atoms with Crippen LogP contribution in [-0.2, 0) is 6.42 Å². The topological polar surface area (TPSA) is 12.0 Å². The van der Waals surface area contributed by atoms with E-state index in [-0.39, 0.29) is 6.04 Å². The molecular weight excluding hydrogens is 218 g/mol. The molecule has 2 unspecified atom stereocenters. The molecule has 0 aliphatic carbocycles. The number of unbranched alkanes of at least 4 members (excludes halogenated alkanes) is 1. The molecule has 1 aromatic rings. The quantitative estimate of drug-likeness (QED) is 0.711. The average Bonchev–Trinajstić information content (AvgIpc) is 2.42. The van der Waals surface area contributed by atoms with Crippen molar-refractivity contribution in [3.63, 3.8) is 0 Å². The van der Waals surface area contributed by atoms with Crippen molar-refractivity contribution in [1.29, 1.82) is 0 Å². The van der Waals surface area contributed by atoms with E-state index >= 15 is 0 Å². The molecule has 1 rings (SSSR count). The van der Waals surface area contributed by atoms with Crippen molar-refractivity contribution in [2.45, 2.75) is 58.5 Å². The minimum absolute atomic E-state index is 0.166. The highest BCUT2D eigenvalue weighted by atomic mass is 14.9. The van der Waals surface area contributed by atoms with Gasteiger partial charge in [-0.05, 0) is 37.3 Å². The smallest absolute Gasteiger partial charge is 0.0688 e. The highest BCUT2D eigenvalue weighted by Gasteiger charge is 2.09. The molecule has 0 saturated carbocycles. The molecule has 0 heterocycles. The number of hydrogen-bond acceptors (Lipinski definition) is 1. The van der Waals surface area contributed by atoms with E-state index in [1.807, 2.05) is 0 Å². The zero-order valence-corrected chi connectivity index (χ0v) is 11.9. The van der Waals surface area contributed by atoms with Gasteiger partial charge in [0.1, 0.15) is 0 Å². The summed E-state index contributed by atoms with van der Waals surface area (Å²) >= 11 is 0. The average molecular weight is 243 g/mol. The minimum Gasteiger partial charge on any atom is -0.297 e. The Morgan fingerprint density at radius 3 is 2.39 bits per heavy atom. The highest BCUT2D eigenvalue weighted by Crippen LogP contribution is 2.15. The van der Waals surface area contributed by atoms with Gasteiger partial charge in [-0.3, -0.25) is 5.32 Å². The van der Waals surface area contributed by atoms with Gasteiger partial charge in [0.05, 0.1) is 6.04 Å². The fourth-order valence-corrected chi connectivity index (χ4v) is 2.04. The van der Waals surface area contributed by atoms with Crippen LogP contribution in [0.4, 0.5) is 0 Å². The van der Waals surface area contributed by atoms with Gasteiger partial charge in [0.25, 0.3) is 0 Å². The Morgan fingerprint density at radius 2 is 1.89 bits per heavy atom.